The van der Waals surface area contributed by atoms with E-state index in [9.17, 15) is 0 Å². The fourth-order valence-electron chi connectivity index (χ4n) is 2.48. The molecule has 0 spiro atoms. The summed E-state index contributed by atoms with van der Waals surface area (Å²) in [5.74, 6) is 0. The van der Waals surface area contributed by atoms with Crippen molar-refractivity contribution in [1.82, 2.24) is 9.88 Å². The Balaban J connectivity index is 2.01. The van der Waals surface area contributed by atoms with Crippen molar-refractivity contribution in [3.05, 3.63) is 103 Å². The molecule has 2 heteroatoms. The Bertz CT molecular complexity index is 753. The molecule has 3 rings (SSSR count). The minimum atomic E-state index is 0.867. The topological polar surface area (TPSA) is 16.1 Å². The van der Waals surface area contributed by atoms with Crippen LogP contribution in [0.15, 0.2) is 91.4 Å². The van der Waals surface area contributed by atoms with Crippen LogP contribution in [0, 0.1) is 0 Å². The minimum absolute atomic E-state index is 0.867. The first-order valence-electron chi connectivity index (χ1n) is 7.28. The van der Waals surface area contributed by atoms with Gasteiger partial charge in [0.25, 0.3) is 0 Å². The number of rotatable bonds is 3. The van der Waals surface area contributed by atoms with Gasteiger partial charge in [0.2, 0.25) is 0 Å². The van der Waals surface area contributed by atoms with Gasteiger partial charge in [-0.15, -0.1) is 0 Å². The van der Waals surface area contributed by atoms with Crippen molar-refractivity contribution in [3.8, 4) is 0 Å². The van der Waals surface area contributed by atoms with Crippen LogP contribution in [0.4, 0.5) is 0 Å². The molecule has 0 atom stereocenters. The van der Waals surface area contributed by atoms with E-state index in [0.29, 0.717) is 0 Å². The zero-order valence-corrected chi connectivity index (χ0v) is 12.6. The Morgan fingerprint density at radius 1 is 1.00 bits per heavy atom. The van der Waals surface area contributed by atoms with Crippen LogP contribution in [0.3, 0.4) is 0 Å². The van der Waals surface area contributed by atoms with Gasteiger partial charge in [-0.05, 0) is 42.3 Å². The smallest absolute Gasteiger partial charge is 0.0863 e. The highest BCUT2D eigenvalue weighted by Crippen LogP contribution is 2.29. The summed E-state index contributed by atoms with van der Waals surface area (Å²) in [7, 11) is 0. The van der Waals surface area contributed by atoms with Gasteiger partial charge >= 0.3 is 0 Å². The summed E-state index contributed by atoms with van der Waals surface area (Å²) in [5.41, 5.74) is 5.27. The molecule has 108 valence electrons. The Morgan fingerprint density at radius 3 is 2.50 bits per heavy atom. The van der Waals surface area contributed by atoms with E-state index in [1.165, 1.54) is 11.1 Å². The molecule has 2 heterocycles. The lowest BCUT2D eigenvalue weighted by Crippen LogP contribution is -2.17. The van der Waals surface area contributed by atoms with Crippen molar-refractivity contribution in [2.24, 2.45) is 0 Å². The van der Waals surface area contributed by atoms with E-state index in [0.717, 1.165) is 17.1 Å². The number of allylic oxidation sites excluding steroid dienone is 4. The fraction of sp³-hybridized carbons (Fsp3) is 0.0500. The Kier molecular flexibility index (Phi) is 4.01. The second kappa shape index (κ2) is 6.27. The van der Waals surface area contributed by atoms with Gasteiger partial charge in [-0.1, -0.05) is 49.1 Å². The molecule has 0 bridgehead atoms. The summed E-state index contributed by atoms with van der Waals surface area (Å²) in [4.78, 5) is 6.49. The predicted molar refractivity (Wildman–Crippen MR) is 92.4 cm³/mol. The molecular weight excluding hydrogens is 268 g/mol. The van der Waals surface area contributed by atoms with Crippen molar-refractivity contribution < 1.29 is 0 Å². The summed E-state index contributed by atoms with van der Waals surface area (Å²) in [6.07, 6.45) is 9.98. The van der Waals surface area contributed by atoms with Crippen molar-refractivity contribution in [1.29, 1.82) is 0 Å². The minimum Gasteiger partial charge on any atom is -0.315 e. The molecule has 1 aliphatic rings. The molecule has 2 nitrogen and oxygen atoms in total. The van der Waals surface area contributed by atoms with Gasteiger partial charge < -0.3 is 4.90 Å². The highest BCUT2D eigenvalue weighted by molar-refractivity contribution is 5.74. The molecule has 0 saturated carbocycles. The van der Waals surface area contributed by atoms with E-state index >= 15 is 0 Å². The van der Waals surface area contributed by atoms with E-state index in [2.05, 4.69) is 53.7 Å². The van der Waals surface area contributed by atoms with E-state index in [1.807, 2.05) is 42.6 Å². The summed E-state index contributed by atoms with van der Waals surface area (Å²) >= 11 is 0. The maximum atomic E-state index is 4.40. The Morgan fingerprint density at radius 2 is 1.77 bits per heavy atom. The maximum absolute atomic E-state index is 4.40. The van der Waals surface area contributed by atoms with E-state index in [4.69, 9.17) is 0 Å². The van der Waals surface area contributed by atoms with Crippen LogP contribution in [-0.4, -0.2) is 9.88 Å². The van der Waals surface area contributed by atoms with Crippen LogP contribution in [-0.2, 0) is 0 Å². The second-order valence-electron chi connectivity index (χ2n) is 5.11. The number of nitrogens with zero attached hydrogens (tertiary/aromatic N) is 2. The average Bonchev–Trinajstić information content (AvgIpc) is 2.62. The van der Waals surface area contributed by atoms with Crippen LogP contribution in [0.5, 0.6) is 0 Å². The first kappa shape index (κ1) is 14.1. The highest BCUT2D eigenvalue weighted by atomic mass is 15.1. The number of hydrogen-bond acceptors (Lipinski definition) is 2. The van der Waals surface area contributed by atoms with Gasteiger partial charge in [-0.25, -0.2) is 0 Å². The normalized spacial score (nSPS) is 15.8. The summed E-state index contributed by atoms with van der Waals surface area (Å²) in [6, 6.07) is 16.2. The van der Waals surface area contributed by atoms with Crippen molar-refractivity contribution in [2.75, 3.05) is 0 Å². The molecule has 0 saturated heterocycles. The van der Waals surface area contributed by atoms with Crippen molar-refractivity contribution >= 4 is 11.3 Å². The van der Waals surface area contributed by atoms with Crippen LogP contribution in [0.1, 0.15) is 18.2 Å². The second-order valence-corrected chi connectivity index (χ2v) is 5.11. The van der Waals surface area contributed by atoms with Gasteiger partial charge in [0.15, 0.2) is 0 Å². The molecule has 0 radical (unpaired) electrons. The molecule has 1 aromatic heterocycles. The summed E-state index contributed by atoms with van der Waals surface area (Å²) in [5, 5.41) is 0. The lowest BCUT2D eigenvalue weighted by molar-refractivity contribution is 0.674. The van der Waals surface area contributed by atoms with Crippen LogP contribution < -0.4 is 0 Å². The number of pyridine rings is 1. The SMILES string of the molecule is C=C(c1ccccn1)N1C=CC=C/C1=C(/C)c1ccccc1. The standard InChI is InChI=1S/C20H18N2/c1-16(18-10-4-3-5-11-18)20-13-7-9-15-22(20)17(2)19-12-6-8-14-21-19/h3-15H,2H2,1H3/b20-16+. The largest absolute Gasteiger partial charge is 0.315 e. The molecule has 2 aromatic rings. The monoisotopic (exact) mass is 286 g/mol. The molecule has 0 aliphatic carbocycles. The van der Waals surface area contributed by atoms with Gasteiger partial charge in [0.1, 0.15) is 0 Å². The van der Waals surface area contributed by atoms with Crippen LogP contribution >= 0.6 is 0 Å². The molecule has 0 N–H and O–H groups in total. The zero-order chi connectivity index (χ0) is 15.4. The summed E-state index contributed by atoms with van der Waals surface area (Å²) in [6.45, 7) is 6.35. The number of aromatic nitrogens is 1. The molecular formula is C20H18N2. The van der Waals surface area contributed by atoms with E-state index < -0.39 is 0 Å². The molecule has 0 unspecified atom stereocenters. The van der Waals surface area contributed by atoms with Crippen molar-refractivity contribution in [2.45, 2.75) is 6.92 Å². The first-order valence-corrected chi connectivity index (χ1v) is 7.28. The molecule has 0 amide bonds. The molecule has 1 aliphatic heterocycles. The Labute approximate surface area is 131 Å². The Hall–Kier alpha value is -2.87. The van der Waals surface area contributed by atoms with Gasteiger partial charge in [-0.3, -0.25) is 4.98 Å². The highest BCUT2D eigenvalue weighted by Gasteiger charge is 2.16. The van der Waals surface area contributed by atoms with Gasteiger partial charge in [0.05, 0.1) is 11.4 Å². The number of benzene rings is 1. The molecule has 22 heavy (non-hydrogen) atoms. The third kappa shape index (κ3) is 2.77. The van der Waals surface area contributed by atoms with Crippen LogP contribution in [0.25, 0.3) is 11.3 Å². The van der Waals surface area contributed by atoms with Crippen molar-refractivity contribution in [3.63, 3.8) is 0 Å². The summed E-state index contributed by atoms with van der Waals surface area (Å²) < 4.78 is 0. The third-order valence-electron chi connectivity index (χ3n) is 3.70. The third-order valence-corrected chi connectivity index (χ3v) is 3.70. The van der Waals surface area contributed by atoms with Gasteiger partial charge in [0, 0.05) is 18.1 Å². The lowest BCUT2D eigenvalue weighted by Gasteiger charge is -2.27. The predicted octanol–water partition coefficient (Wildman–Crippen LogP) is 4.87. The van der Waals surface area contributed by atoms with Gasteiger partial charge in [-0.2, -0.15) is 0 Å². The molecule has 0 fully saturated rings. The first-order chi connectivity index (χ1) is 10.8. The lowest BCUT2D eigenvalue weighted by atomic mass is 10.0. The fourth-order valence-corrected chi connectivity index (χ4v) is 2.48. The zero-order valence-electron chi connectivity index (χ0n) is 12.6. The number of hydrogen-bond donors (Lipinski definition) is 0. The quantitative estimate of drug-likeness (QED) is 0.800. The maximum Gasteiger partial charge on any atom is 0.0863 e. The average molecular weight is 286 g/mol. The molecule has 1 aromatic carbocycles. The van der Waals surface area contributed by atoms with E-state index in [1.54, 1.807) is 6.20 Å². The van der Waals surface area contributed by atoms with Crippen LogP contribution in [0.2, 0.25) is 0 Å². The van der Waals surface area contributed by atoms with E-state index in [-0.39, 0.29) is 0 Å².